The Balaban J connectivity index is 1.28. The average Bonchev–Trinajstić information content (AvgIpc) is 3.89. The molecule has 1 aromatic heterocycles. The topological polar surface area (TPSA) is 376 Å². The van der Waals surface area contributed by atoms with Crippen molar-refractivity contribution in [2.75, 3.05) is 19.7 Å². The highest BCUT2D eigenvalue weighted by Crippen LogP contribution is 2.44. The van der Waals surface area contributed by atoms with Gasteiger partial charge in [0.15, 0.2) is 5.96 Å². The fourth-order valence-electron chi connectivity index (χ4n) is 8.25. The number of aliphatic carboxylic acids is 3. The number of hydrogen-bond donors (Lipinski definition) is 12. The van der Waals surface area contributed by atoms with Crippen molar-refractivity contribution in [3.05, 3.63) is 95.7 Å². The summed E-state index contributed by atoms with van der Waals surface area (Å²) >= 11 is 0. The first-order valence-corrected chi connectivity index (χ1v) is 23.2. The van der Waals surface area contributed by atoms with Gasteiger partial charge in [-0.25, -0.2) is 9.59 Å². The van der Waals surface area contributed by atoms with Gasteiger partial charge in [-0.15, -0.1) is 0 Å². The molecule has 23 heteroatoms. The molecule has 0 aliphatic heterocycles. The fraction of sp³-hybridized carbons (Fsp3) is 0.388. The van der Waals surface area contributed by atoms with Gasteiger partial charge in [0.2, 0.25) is 29.5 Å². The number of hydrogen-bond acceptors (Lipinski definition) is 11. The highest BCUT2D eigenvalue weighted by atomic mass is 16.5. The first-order chi connectivity index (χ1) is 34.3. The molecule has 1 heterocycles. The van der Waals surface area contributed by atoms with E-state index < -0.39 is 110 Å². The Bertz CT molecular complexity index is 2620. The van der Waals surface area contributed by atoms with E-state index in [1.165, 1.54) is 0 Å². The van der Waals surface area contributed by atoms with Crippen LogP contribution in [0.25, 0.3) is 22.0 Å². The maximum absolute atomic E-state index is 14.3. The van der Waals surface area contributed by atoms with Crippen LogP contribution in [0, 0.1) is 5.92 Å². The van der Waals surface area contributed by atoms with Gasteiger partial charge in [-0.2, -0.15) is 0 Å². The Morgan fingerprint density at radius 2 is 1.26 bits per heavy atom. The molecule has 0 unspecified atom stereocenters. The predicted molar refractivity (Wildman–Crippen MR) is 261 cm³/mol. The molecule has 5 atom stereocenters. The number of fused-ring (bicyclic) bond motifs is 4. The van der Waals surface area contributed by atoms with Gasteiger partial charge in [0.1, 0.15) is 36.8 Å². The lowest BCUT2D eigenvalue weighted by Gasteiger charge is -2.25. The van der Waals surface area contributed by atoms with Crippen LogP contribution in [-0.2, 0) is 49.5 Å². The van der Waals surface area contributed by atoms with Crippen LogP contribution in [0.5, 0.6) is 0 Å². The van der Waals surface area contributed by atoms with Crippen molar-refractivity contribution in [1.29, 1.82) is 0 Å². The largest absolute Gasteiger partial charge is 0.481 e. The van der Waals surface area contributed by atoms with Crippen LogP contribution in [0.15, 0.2) is 84.0 Å². The van der Waals surface area contributed by atoms with Crippen molar-refractivity contribution in [3.8, 4) is 11.1 Å². The minimum absolute atomic E-state index is 0.00754. The maximum Gasteiger partial charge on any atom is 0.407 e. The zero-order valence-electron chi connectivity index (χ0n) is 39.6. The molecule has 72 heavy (non-hydrogen) atoms. The molecule has 0 radical (unpaired) electrons. The number of alkyl carbamates (subject to hydrolysis) is 1. The van der Waals surface area contributed by atoms with Crippen molar-refractivity contribution in [3.63, 3.8) is 0 Å². The number of aliphatic imine (C=N–C) groups is 1. The lowest BCUT2D eigenvalue weighted by molar-refractivity contribution is -0.147. The summed E-state index contributed by atoms with van der Waals surface area (Å²) < 4.78 is 5.80. The quantitative estimate of drug-likeness (QED) is 0.0227. The molecule has 3 aromatic carbocycles. The second-order valence-electron chi connectivity index (χ2n) is 17.6. The van der Waals surface area contributed by atoms with Gasteiger partial charge in [0, 0.05) is 42.4 Å². The van der Waals surface area contributed by atoms with Gasteiger partial charge in [0.05, 0.1) is 13.0 Å². The van der Waals surface area contributed by atoms with Crippen LogP contribution in [0.2, 0.25) is 0 Å². The van der Waals surface area contributed by atoms with Crippen molar-refractivity contribution in [2.24, 2.45) is 22.4 Å². The van der Waals surface area contributed by atoms with E-state index >= 15 is 0 Å². The number of carbonyl (C=O) groups excluding carboxylic acids is 6. The van der Waals surface area contributed by atoms with E-state index in [9.17, 15) is 53.4 Å². The number of guanidine groups is 1. The molecule has 6 amide bonds. The molecule has 0 saturated carbocycles. The third kappa shape index (κ3) is 15.8. The number of aromatic amines is 1. The molecule has 1 aliphatic carbocycles. The van der Waals surface area contributed by atoms with Crippen LogP contribution in [0.1, 0.15) is 75.0 Å². The SMILES string of the molecule is CC(C)C[C@H](NC(=O)[C@H](Cc1c[nH]c2ccccc12)NC(=O)OCC1c2ccccc2-c2ccccc21)C(=O)NCC(=O)N[C@@H](CCCN=C(N)N)C(=O)N[C@H](CCC(=O)O)C(=O)N[C@@H](CC(=O)O)C(=O)O. The van der Waals surface area contributed by atoms with Crippen molar-refractivity contribution in [2.45, 2.75) is 94.9 Å². The second kappa shape index (κ2) is 25.9. The third-order valence-electron chi connectivity index (χ3n) is 11.7. The van der Waals surface area contributed by atoms with Gasteiger partial charge < -0.3 is 68.4 Å². The lowest BCUT2D eigenvalue weighted by Crippen LogP contribution is -2.57. The predicted octanol–water partition coefficient (Wildman–Crippen LogP) is 1.20. The fourth-order valence-corrected chi connectivity index (χ4v) is 8.25. The molecule has 5 rings (SSSR count). The van der Waals surface area contributed by atoms with Crippen LogP contribution >= 0.6 is 0 Å². The molecule has 0 spiro atoms. The summed E-state index contributed by atoms with van der Waals surface area (Å²) in [7, 11) is 0. The summed E-state index contributed by atoms with van der Waals surface area (Å²) in [5.41, 5.74) is 16.4. The third-order valence-corrected chi connectivity index (χ3v) is 11.7. The Labute approximate surface area is 413 Å². The van der Waals surface area contributed by atoms with E-state index in [1.54, 1.807) is 20.0 Å². The Morgan fingerprint density at radius 3 is 1.88 bits per heavy atom. The molecule has 0 saturated heterocycles. The number of nitrogens with one attached hydrogen (secondary N) is 7. The number of nitrogens with zero attached hydrogens (tertiary/aromatic N) is 1. The number of nitrogens with two attached hydrogens (primary N) is 2. The monoisotopic (exact) mass is 996 g/mol. The Kier molecular flexibility index (Phi) is 19.6. The van der Waals surface area contributed by atoms with Gasteiger partial charge in [-0.1, -0.05) is 80.6 Å². The highest BCUT2D eigenvalue weighted by Gasteiger charge is 2.34. The minimum Gasteiger partial charge on any atom is -0.481 e. The number of benzene rings is 3. The number of carboxylic acid groups (broad SMARTS) is 3. The normalized spacial score (nSPS) is 13.7. The van der Waals surface area contributed by atoms with Crippen molar-refractivity contribution < 1.29 is 63.2 Å². The molecule has 1 aliphatic rings. The number of para-hydroxylation sites is 1. The molecule has 4 aromatic rings. The Morgan fingerprint density at radius 1 is 0.681 bits per heavy atom. The second-order valence-corrected chi connectivity index (χ2v) is 17.6. The summed E-state index contributed by atoms with van der Waals surface area (Å²) in [6, 6.07) is 15.5. The van der Waals surface area contributed by atoms with E-state index in [0.29, 0.717) is 5.56 Å². The van der Waals surface area contributed by atoms with Gasteiger partial charge >= 0.3 is 24.0 Å². The number of ether oxygens (including phenoxy) is 1. The number of rotatable bonds is 27. The van der Waals surface area contributed by atoms with E-state index in [1.807, 2.05) is 78.1 Å². The van der Waals surface area contributed by atoms with E-state index in [-0.39, 0.29) is 56.6 Å². The highest BCUT2D eigenvalue weighted by molar-refractivity contribution is 5.96. The van der Waals surface area contributed by atoms with Gasteiger partial charge in [-0.3, -0.25) is 38.6 Å². The molecule has 384 valence electrons. The smallest absolute Gasteiger partial charge is 0.407 e. The summed E-state index contributed by atoms with van der Waals surface area (Å²) in [5.74, 6) is -9.97. The molecule has 0 fully saturated rings. The maximum atomic E-state index is 14.3. The molecule has 23 nitrogen and oxygen atoms in total. The van der Waals surface area contributed by atoms with E-state index in [0.717, 1.165) is 33.2 Å². The molecule has 0 bridgehead atoms. The number of amides is 6. The molecular formula is C49H60N10O13. The van der Waals surface area contributed by atoms with Crippen molar-refractivity contribution >= 4 is 70.4 Å². The summed E-state index contributed by atoms with van der Waals surface area (Å²) in [4.78, 5) is 123. The molecular weight excluding hydrogens is 937 g/mol. The van der Waals surface area contributed by atoms with E-state index in [4.69, 9.17) is 21.3 Å². The first kappa shape index (κ1) is 54.4. The van der Waals surface area contributed by atoms with Gasteiger partial charge in [0.25, 0.3) is 0 Å². The number of H-pyrrole nitrogens is 1. The molecule has 14 N–H and O–H groups in total. The van der Waals surface area contributed by atoms with Crippen molar-refractivity contribution in [1.82, 2.24) is 36.9 Å². The van der Waals surface area contributed by atoms with Crippen LogP contribution in [0.3, 0.4) is 0 Å². The zero-order valence-corrected chi connectivity index (χ0v) is 39.6. The Hall–Kier alpha value is -8.50. The average molecular weight is 997 g/mol. The number of aromatic nitrogens is 1. The van der Waals surface area contributed by atoms with Crippen LogP contribution in [-0.4, -0.2) is 130 Å². The van der Waals surface area contributed by atoms with Gasteiger partial charge in [-0.05, 0) is 65.5 Å². The number of carboxylic acids is 3. The number of carbonyl (C=O) groups is 9. The first-order valence-electron chi connectivity index (χ1n) is 23.2. The summed E-state index contributed by atoms with van der Waals surface area (Å²) in [5, 5.41) is 43.3. The van der Waals surface area contributed by atoms with Crippen LogP contribution < -0.4 is 43.4 Å². The lowest BCUT2D eigenvalue weighted by atomic mass is 9.98. The summed E-state index contributed by atoms with van der Waals surface area (Å²) in [6.07, 6.45) is -1.39. The van der Waals surface area contributed by atoms with Crippen LogP contribution in [0.4, 0.5) is 4.79 Å². The summed E-state index contributed by atoms with van der Waals surface area (Å²) in [6.45, 7) is 2.85. The standard InChI is InChI=1S/C49H60N10O13/c1-26(2)20-37(43(65)54-24-40(60)55-35(16-9-19-52-48(50)51)44(66)56-36(17-18-41(61)62)45(67)58-39(47(69)70)22-42(63)64)57-46(68)38(21-27-23-53-34-15-8-7-10-28(27)34)59-49(71)72-25-33-31-13-5-3-11-29(31)30-12-4-6-14-32(30)33/h3-8,10-15,23,26,33,35-39,53H,9,16-22,24-25H2,1-2H3,(H,54,65)(H,55,60)(H,56,66)(H,57,68)(H,58,67)(H,59,71)(H,61,62)(H,63,64)(H,69,70)(H4,50,51,52)/t35-,36+,37-,38-,39-/m0/s1. The minimum atomic E-state index is -1.93. The zero-order chi connectivity index (χ0) is 52.5. The van der Waals surface area contributed by atoms with E-state index in [2.05, 4.69) is 36.6 Å².